The number of aliphatic hydroxyl groups is 3. The predicted molar refractivity (Wildman–Crippen MR) is 96.2 cm³/mol. The van der Waals surface area contributed by atoms with Gasteiger partial charge in [0.05, 0.1) is 12.3 Å². The first-order valence-corrected chi connectivity index (χ1v) is 8.36. The lowest BCUT2D eigenvalue weighted by molar-refractivity contribution is -0.0503. The summed E-state index contributed by atoms with van der Waals surface area (Å²) in [4.78, 5) is 22.7. The van der Waals surface area contributed by atoms with Crippen LogP contribution >= 0.6 is 0 Å². The van der Waals surface area contributed by atoms with E-state index in [0.717, 1.165) is 0 Å². The Balaban J connectivity index is 1.87. The second-order valence-corrected chi connectivity index (χ2v) is 6.17. The summed E-state index contributed by atoms with van der Waals surface area (Å²) in [5.74, 6) is -0.255. The lowest BCUT2D eigenvalue weighted by atomic mass is 10.1. The molecule has 3 aromatic rings. The predicted octanol–water partition coefficient (Wildman–Crippen LogP) is -0.271. The van der Waals surface area contributed by atoms with E-state index >= 15 is 0 Å². The van der Waals surface area contributed by atoms with Crippen molar-refractivity contribution in [3.8, 4) is 0 Å². The van der Waals surface area contributed by atoms with E-state index in [9.17, 15) is 20.1 Å². The van der Waals surface area contributed by atoms with E-state index < -0.39 is 36.7 Å². The number of hydrogen-bond acceptors (Lipinski definition) is 10. The number of imidazole rings is 1. The molecule has 146 valence electrons. The normalized spacial score (nSPS) is 25.1. The zero-order valence-corrected chi connectivity index (χ0v) is 14.4. The van der Waals surface area contributed by atoms with Crippen LogP contribution in [-0.4, -0.2) is 59.8 Å². The van der Waals surface area contributed by atoms with Crippen LogP contribution in [0.5, 0.6) is 0 Å². The van der Waals surface area contributed by atoms with Crippen molar-refractivity contribution in [2.75, 3.05) is 12.3 Å². The van der Waals surface area contributed by atoms with Crippen molar-refractivity contribution >= 4 is 28.7 Å². The molecule has 12 nitrogen and oxygen atoms in total. The molecule has 1 fully saturated rings. The van der Waals surface area contributed by atoms with Crippen LogP contribution in [0.1, 0.15) is 6.23 Å². The van der Waals surface area contributed by atoms with Gasteiger partial charge in [-0.15, -0.1) is 10.2 Å². The number of nitrogens with zero attached hydrogens (tertiary/aromatic N) is 5. The number of hydrogen-bond donors (Lipinski definition) is 5. The number of benzene rings is 1. The quantitative estimate of drug-likeness (QED) is 0.379. The average molecular weight is 387 g/mol. The molecule has 3 heterocycles. The third kappa shape index (κ3) is 3.03. The third-order valence-electron chi connectivity index (χ3n) is 4.33. The monoisotopic (exact) mass is 387 g/mol. The summed E-state index contributed by atoms with van der Waals surface area (Å²) in [6.07, 6.45) is -5.03. The van der Waals surface area contributed by atoms with E-state index in [0.29, 0.717) is 5.69 Å². The SMILES string of the molecule is Nc1nc2c(nc(/N=N/c3ccccc3)n2[C@@H]2O[C@H](CO)C(O)[C@@H]2O)c(=O)[nH]1. The second kappa shape index (κ2) is 7.09. The minimum atomic E-state index is -1.43. The molecule has 12 heteroatoms. The Morgan fingerprint density at radius 2 is 1.93 bits per heavy atom. The first kappa shape index (κ1) is 18.2. The van der Waals surface area contributed by atoms with Gasteiger partial charge in [-0.2, -0.15) is 4.98 Å². The zero-order chi connectivity index (χ0) is 19.8. The van der Waals surface area contributed by atoms with Crippen LogP contribution in [0.3, 0.4) is 0 Å². The Kier molecular flexibility index (Phi) is 4.60. The molecule has 1 aromatic carbocycles. The van der Waals surface area contributed by atoms with Gasteiger partial charge in [0.15, 0.2) is 17.4 Å². The minimum Gasteiger partial charge on any atom is -0.394 e. The Labute approximate surface area is 157 Å². The third-order valence-corrected chi connectivity index (χ3v) is 4.33. The molecule has 0 aliphatic carbocycles. The number of aromatic amines is 1. The van der Waals surface area contributed by atoms with E-state index in [1.54, 1.807) is 24.3 Å². The fraction of sp³-hybridized carbons (Fsp3) is 0.312. The van der Waals surface area contributed by atoms with E-state index in [4.69, 9.17) is 10.5 Å². The van der Waals surface area contributed by atoms with Gasteiger partial charge in [-0.3, -0.25) is 14.3 Å². The van der Waals surface area contributed by atoms with Crippen molar-refractivity contribution in [3.63, 3.8) is 0 Å². The minimum absolute atomic E-state index is 0.00176. The van der Waals surface area contributed by atoms with Crippen LogP contribution in [0.15, 0.2) is 45.4 Å². The van der Waals surface area contributed by atoms with E-state index in [-0.39, 0.29) is 23.1 Å². The lowest BCUT2D eigenvalue weighted by Gasteiger charge is -2.17. The van der Waals surface area contributed by atoms with Gasteiger partial charge in [0, 0.05) is 0 Å². The molecule has 4 atom stereocenters. The Morgan fingerprint density at radius 1 is 1.18 bits per heavy atom. The van der Waals surface area contributed by atoms with Gasteiger partial charge in [-0.25, -0.2) is 4.98 Å². The molecule has 0 bridgehead atoms. The fourth-order valence-electron chi connectivity index (χ4n) is 2.98. The Hall–Kier alpha value is -3.19. The molecule has 0 saturated carbocycles. The summed E-state index contributed by atoms with van der Waals surface area (Å²) in [6, 6.07) is 8.80. The van der Waals surface area contributed by atoms with Crippen LogP contribution in [0.25, 0.3) is 11.2 Å². The van der Waals surface area contributed by atoms with Gasteiger partial charge in [-0.05, 0) is 12.1 Å². The van der Waals surface area contributed by atoms with Crippen LogP contribution in [0, 0.1) is 0 Å². The van der Waals surface area contributed by atoms with Crippen LogP contribution < -0.4 is 11.3 Å². The number of azo groups is 1. The molecular weight excluding hydrogens is 370 g/mol. The van der Waals surface area contributed by atoms with Crippen molar-refractivity contribution in [2.24, 2.45) is 10.2 Å². The topological polar surface area (TPSA) is 184 Å². The van der Waals surface area contributed by atoms with Gasteiger partial charge >= 0.3 is 0 Å². The number of nitrogens with one attached hydrogen (secondary N) is 1. The summed E-state index contributed by atoms with van der Waals surface area (Å²) in [5.41, 5.74) is 5.46. The summed E-state index contributed by atoms with van der Waals surface area (Å²) in [5, 5.41) is 37.9. The molecule has 6 N–H and O–H groups in total. The number of H-pyrrole nitrogens is 1. The maximum absolute atomic E-state index is 12.2. The van der Waals surface area contributed by atoms with Crippen molar-refractivity contribution in [1.82, 2.24) is 19.5 Å². The van der Waals surface area contributed by atoms with Gasteiger partial charge in [0.2, 0.25) is 5.95 Å². The lowest BCUT2D eigenvalue weighted by Crippen LogP contribution is -2.33. The molecule has 1 unspecified atom stereocenters. The van der Waals surface area contributed by atoms with E-state index in [1.165, 1.54) is 4.57 Å². The van der Waals surface area contributed by atoms with Gasteiger partial charge < -0.3 is 25.8 Å². The molecule has 1 aliphatic rings. The first-order valence-electron chi connectivity index (χ1n) is 8.36. The molecule has 4 rings (SSSR count). The summed E-state index contributed by atoms with van der Waals surface area (Å²) < 4.78 is 6.76. The highest BCUT2D eigenvalue weighted by molar-refractivity contribution is 5.74. The standard InChI is InChI=1S/C16H17N7O5/c17-15-19-12-9(13(27)20-15)18-16(22-21-7-4-2-1-3-5-7)23(12)14-11(26)10(25)8(6-24)28-14/h1-5,8,10-11,14,24-26H,6H2,(H3,17,19,20,27)/b22-21+/t8-,10?,11+,14-/m1/s1. The molecule has 28 heavy (non-hydrogen) atoms. The number of nitrogen functional groups attached to an aromatic ring is 1. The molecular formula is C16H17N7O5. The number of nitrogens with two attached hydrogens (primary N) is 1. The fourth-order valence-corrected chi connectivity index (χ4v) is 2.98. The molecule has 2 aromatic heterocycles. The highest BCUT2D eigenvalue weighted by Gasteiger charge is 2.45. The van der Waals surface area contributed by atoms with Crippen LogP contribution in [0.4, 0.5) is 17.6 Å². The Bertz CT molecular complexity index is 1080. The number of ether oxygens (including phenoxy) is 1. The molecule has 0 spiro atoms. The molecule has 1 saturated heterocycles. The van der Waals surface area contributed by atoms with Crippen LogP contribution in [0.2, 0.25) is 0 Å². The number of aliphatic hydroxyl groups excluding tert-OH is 3. The average Bonchev–Trinajstić information content (AvgIpc) is 3.18. The van der Waals surface area contributed by atoms with Gasteiger partial charge in [0.1, 0.15) is 18.3 Å². The van der Waals surface area contributed by atoms with E-state index in [1.807, 2.05) is 6.07 Å². The van der Waals surface area contributed by atoms with Crippen molar-refractivity contribution in [3.05, 3.63) is 40.7 Å². The Morgan fingerprint density at radius 3 is 2.61 bits per heavy atom. The van der Waals surface area contributed by atoms with Crippen molar-refractivity contribution in [1.29, 1.82) is 0 Å². The number of aromatic nitrogens is 4. The summed E-state index contributed by atoms with van der Waals surface area (Å²) in [7, 11) is 0. The summed E-state index contributed by atoms with van der Waals surface area (Å²) >= 11 is 0. The molecule has 0 amide bonds. The van der Waals surface area contributed by atoms with Gasteiger partial charge in [-0.1, -0.05) is 18.2 Å². The maximum Gasteiger partial charge on any atom is 0.280 e. The largest absolute Gasteiger partial charge is 0.394 e. The van der Waals surface area contributed by atoms with Crippen molar-refractivity contribution < 1.29 is 20.1 Å². The molecule has 0 radical (unpaired) electrons. The van der Waals surface area contributed by atoms with Crippen molar-refractivity contribution in [2.45, 2.75) is 24.5 Å². The van der Waals surface area contributed by atoms with E-state index in [2.05, 4.69) is 25.2 Å². The highest BCUT2D eigenvalue weighted by Crippen LogP contribution is 2.35. The second-order valence-electron chi connectivity index (χ2n) is 6.17. The maximum atomic E-state index is 12.2. The number of rotatable bonds is 4. The van der Waals surface area contributed by atoms with Crippen LogP contribution in [-0.2, 0) is 4.74 Å². The smallest absolute Gasteiger partial charge is 0.280 e. The zero-order valence-electron chi connectivity index (χ0n) is 14.4. The summed E-state index contributed by atoms with van der Waals surface area (Å²) in [6.45, 7) is -0.516. The number of fused-ring (bicyclic) bond motifs is 1. The van der Waals surface area contributed by atoms with Gasteiger partial charge in [0.25, 0.3) is 11.5 Å². The first-order chi connectivity index (χ1) is 13.5. The molecule has 1 aliphatic heterocycles. The highest BCUT2D eigenvalue weighted by atomic mass is 16.6. The number of anilines is 1.